The van der Waals surface area contributed by atoms with E-state index in [-0.39, 0.29) is 0 Å². The van der Waals surface area contributed by atoms with E-state index in [2.05, 4.69) is 0 Å². The lowest BCUT2D eigenvalue weighted by Gasteiger charge is -2.31. The van der Waals surface area contributed by atoms with Gasteiger partial charge in [0, 0.05) is 5.69 Å². The Hall–Kier alpha value is -1.94. The van der Waals surface area contributed by atoms with Gasteiger partial charge in [-0.15, -0.1) is 0 Å². The van der Waals surface area contributed by atoms with Crippen LogP contribution >= 0.6 is 0 Å². The van der Waals surface area contributed by atoms with Gasteiger partial charge >= 0.3 is 30.1 Å². The third-order valence-electron chi connectivity index (χ3n) is 2.45. The van der Waals surface area contributed by atoms with Crippen LogP contribution in [0.25, 0.3) is 0 Å². The maximum Gasteiger partial charge on any atom is 0.393 e. The summed E-state index contributed by atoms with van der Waals surface area (Å²) < 4.78 is 114. The van der Waals surface area contributed by atoms with Gasteiger partial charge in [-0.25, -0.2) is 13.2 Å². The highest BCUT2D eigenvalue weighted by Gasteiger charge is 2.78. The van der Waals surface area contributed by atoms with Crippen LogP contribution in [0.5, 0.6) is 0 Å². The van der Waals surface area contributed by atoms with E-state index >= 15 is 0 Å². The van der Waals surface area contributed by atoms with Crippen molar-refractivity contribution < 1.29 is 44.3 Å². The Morgan fingerprint density at radius 1 is 1.05 bits per heavy atom. The van der Waals surface area contributed by atoms with Crippen LogP contribution in [0.15, 0.2) is 24.3 Å². The smallest absolute Gasteiger partial charge is 0.321 e. The van der Waals surface area contributed by atoms with Crippen molar-refractivity contribution in [1.82, 2.24) is 0 Å². The first-order valence-corrected chi connectivity index (χ1v) is 5.32. The number of carbonyl (C=O) groups is 1. The second-order valence-electron chi connectivity index (χ2n) is 4.04. The van der Waals surface area contributed by atoms with E-state index in [0.29, 0.717) is 6.07 Å². The predicted molar refractivity (Wildman–Crippen MR) is 55.9 cm³/mol. The summed E-state index contributed by atoms with van der Waals surface area (Å²) in [5.74, 6) is -23.3. The molecule has 1 rings (SSSR count). The van der Waals surface area contributed by atoms with Crippen molar-refractivity contribution in [3.8, 4) is 0 Å². The molecule has 11 heteroatoms. The zero-order chi connectivity index (χ0) is 17.3. The summed E-state index contributed by atoms with van der Waals surface area (Å²) in [5.41, 5.74) is -0.749. The molecular weight excluding hydrogens is 333 g/mol. The van der Waals surface area contributed by atoms with Gasteiger partial charge in [0.05, 0.1) is 0 Å². The third kappa shape index (κ3) is 2.97. The van der Waals surface area contributed by atoms with Gasteiger partial charge in [-0.3, -0.25) is 4.79 Å². The molecule has 124 valence electrons. The Labute approximate surface area is 116 Å². The average molecular weight is 339 g/mol. The van der Waals surface area contributed by atoms with Crippen LogP contribution in [-0.2, 0) is 4.79 Å². The standard InChI is InChI=1S/C11H6F9NO/c12-5-2-1-3-6(4-5)21-8(22)10(17,18)11(19,20)9(15,16)7(13)14/h1-4,7H,(H,21,22). The van der Waals surface area contributed by atoms with E-state index in [1.807, 2.05) is 0 Å². The van der Waals surface area contributed by atoms with Gasteiger partial charge in [-0.05, 0) is 18.2 Å². The lowest BCUT2D eigenvalue weighted by Crippen LogP contribution is -2.61. The van der Waals surface area contributed by atoms with Gasteiger partial charge < -0.3 is 5.32 Å². The van der Waals surface area contributed by atoms with Crippen LogP contribution in [0.2, 0.25) is 0 Å². The topological polar surface area (TPSA) is 29.1 Å². The van der Waals surface area contributed by atoms with Crippen molar-refractivity contribution >= 4 is 11.6 Å². The lowest BCUT2D eigenvalue weighted by molar-refractivity contribution is -0.326. The maximum absolute atomic E-state index is 13.2. The Balaban J connectivity index is 3.09. The number of halogens is 9. The molecule has 0 spiro atoms. The van der Waals surface area contributed by atoms with Gasteiger partial charge in [0.25, 0.3) is 0 Å². The van der Waals surface area contributed by atoms with Gasteiger partial charge in [-0.2, -0.15) is 26.3 Å². The molecule has 0 fully saturated rings. The van der Waals surface area contributed by atoms with E-state index in [1.165, 1.54) is 0 Å². The molecule has 0 saturated heterocycles. The number of benzene rings is 1. The van der Waals surface area contributed by atoms with Crippen molar-refractivity contribution in [2.75, 3.05) is 5.32 Å². The van der Waals surface area contributed by atoms with Crippen molar-refractivity contribution in [3.63, 3.8) is 0 Å². The molecule has 0 aliphatic heterocycles. The highest BCUT2D eigenvalue weighted by atomic mass is 19.4. The SMILES string of the molecule is O=C(Nc1cccc(F)c1)C(F)(F)C(F)(F)C(F)(F)C(F)F. The molecule has 0 aliphatic carbocycles. The Morgan fingerprint density at radius 3 is 2.05 bits per heavy atom. The summed E-state index contributed by atoms with van der Waals surface area (Å²) in [7, 11) is 0. The predicted octanol–water partition coefficient (Wildman–Crippen LogP) is 3.94. The van der Waals surface area contributed by atoms with Gasteiger partial charge in [0.15, 0.2) is 0 Å². The molecule has 0 heterocycles. The number of hydrogen-bond donors (Lipinski definition) is 1. The van der Waals surface area contributed by atoms with Crippen LogP contribution < -0.4 is 5.32 Å². The minimum atomic E-state index is -6.66. The summed E-state index contributed by atoms with van der Waals surface area (Å²) in [4.78, 5) is 11.0. The molecule has 1 aromatic carbocycles. The van der Waals surface area contributed by atoms with Crippen molar-refractivity contribution in [2.45, 2.75) is 24.2 Å². The fraction of sp³-hybridized carbons (Fsp3) is 0.364. The van der Waals surface area contributed by atoms with Crippen molar-refractivity contribution in [1.29, 1.82) is 0 Å². The van der Waals surface area contributed by atoms with E-state index in [0.717, 1.165) is 23.5 Å². The molecule has 0 aromatic heterocycles. The molecule has 2 nitrogen and oxygen atoms in total. The van der Waals surface area contributed by atoms with Crippen LogP contribution in [-0.4, -0.2) is 30.1 Å². The highest BCUT2D eigenvalue weighted by Crippen LogP contribution is 2.48. The van der Waals surface area contributed by atoms with Crippen molar-refractivity contribution in [3.05, 3.63) is 30.1 Å². The number of alkyl halides is 8. The molecule has 1 N–H and O–H groups in total. The van der Waals surface area contributed by atoms with Crippen LogP contribution in [0, 0.1) is 5.82 Å². The minimum absolute atomic E-state index is 0.428. The Bertz CT molecular complexity index is 558. The normalized spacial score (nSPS) is 13.4. The highest BCUT2D eigenvalue weighted by molar-refractivity contribution is 5.97. The summed E-state index contributed by atoms with van der Waals surface area (Å²) in [5, 5.41) is 1.05. The monoisotopic (exact) mass is 339 g/mol. The molecule has 0 bridgehead atoms. The number of rotatable bonds is 5. The Kier molecular flexibility index (Phi) is 4.68. The third-order valence-corrected chi connectivity index (χ3v) is 2.45. The second kappa shape index (κ2) is 5.69. The summed E-state index contributed by atoms with van der Waals surface area (Å²) in [6.07, 6.45) is -5.13. The molecule has 1 amide bonds. The average Bonchev–Trinajstić information content (AvgIpc) is 2.37. The van der Waals surface area contributed by atoms with Gasteiger partial charge in [0.2, 0.25) is 0 Å². The summed E-state index contributed by atoms with van der Waals surface area (Å²) in [6, 6.07) is 2.93. The quantitative estimate of drug-likeness (QED) is 0.809. The molecule has 0 radical (unpaired) electrons. The first-order chi connectivity index (χ1) is 9.84. The largest absolute Gasteiger partial charge is 0.393 e. The first kappa shape index (κ1) is 18.1. The molecule has 0 saturated carbocycles. The van der Waals surface area contributed by atoms with E-state index in [4.69, 9.17) is 0 Å². The van der Waals surface area contributed by atoms with E-state index in [9.17, 15) is 44.3 Å². The first-order valence-electron chi connectivity index (χ1n) is 5.32. The van der Waals surface area contributed by atoms with E-state index in [1.54, 1.807) is 0 Å². The number of nitrogens with one attached hydrogen (secondary N) is 1. The zero-order valence-corrected chi connectivity index (χ0v) is 10.2. The molecule has 22 heavy (non-hydrogen) atoms. The molecule has 0 unspecified atom stereocenters. The van der Waals surface area contributed by atoms with E-state index < -0.39 is 41.6 Å². The fourth-order valence-electron chi connectivity index (χ4n) is 1.26. The van der Waals surface area contributed by atoms with Crippen LogP contribution in [0.3, 0.4) is 0 Å². The molecule has 0 atom stereocenters. The number of hydrogen-bond acceptors (Lipinski definition) is 1. The summed E-state index contributed by atoms with van der Waals surface area (Å²) >= 11 is 0. The lowest BCUT2D eigenvalue weighted by atomic mass is 10.0. The van der Waals surface area contributed by atoms with Crippen LogP contribution in [0.1, 0.15) is 0 Å². The maximum atomic E-state index is 13.2. The fourth-order valence-corrected chi connectivity index (χ4v) is 1.26. The summed E-state index contributed by atoms with van der Waals surface area (Å²) in [6.45, 7) is 0. The van der Waals surface area contributed by atoms with Gasteiger partial charge in [0.1, 0.15) is 5.82 Å². The molecule has 1 aromatic rings. The number of amides is 1. The molecule has 0 aliphatic rings. The van der Waals surface area contributed by atoms with Crippen LogP contribution in [0.4, 0.5) is 45.2 Å². The zero-order valence-electron chi connectivity index (χ0n) is 10.2. The minimum Gasteiger partial charge on any atom is -0.321 e. The molecular formula is C11H6F9NO. The van der Waals surface area contributed by atoms with Crippen molar-refractivity contribution in [2.24, 2.45) is 0 Å². The number of carbonyl (C=O) groups excluding carboxylic acids is 1. The van der Waals surface area contributed by atoms with Gasteiger partial charge in [-0.1, -0.05) is 6.07 Å². The second-order valence-corrected chi connectivity index (χ2v) is 4.04. The number of anilines is 1. The Morgan fingerprint density at radius 2 is 1.59 bits per heavy atom.